The quantitative estimate of drug-likeness (QED) is 0.759. The third-order valence-electron chi connectivity index (χ3n) is 4.10. The van der Waals surface area contributed by atoms with Crippen molar-refractivity contribution in [1.29, 1.82) is 0 Å². The van der Waals surface area contributed by atoms with E-state index < -0.39 is 11.7 Å². The van der Waals surface area contributed by atoms with Crippen molar-refractivity contribution in [3.05, 3.63) is 28.2 Å². The van der Waals surface area contributed by atoms with Gasteiger partial charge in [-0.25, -0.2) is 0 Å². The predicted octanol–water partition coefficient (Wildman–Crippen LogP) is 4.17. The zero-order chi connectivity index (χ0) is 14.5. The first-order chi connectivity index (χ1) is 9.36. The highest BCUT2D eigenvalue weighted by molar-refractivity contribution is 9.10. The first-order valence-electron chi connectivity index (χ1n) is 6.53. The predicted molar refractivity (Wildman–Crippen MR) is 72.7 cm³/mol. The van der Waals surface area contributed by atoms with Gasteiger partial charge in [-0.05, 0) is 47.0 Å². The monoisotopic (exact) mass is 347 g/mol. The van der Waals surface area contributed by atoms with Crippen molar-refractivity contribution in [2.45, 2.75) is 43.9 Å². The lowest BCUT2D eigenvalue weighted by Gasteiger charge is -2.37. The van der Waals surface area contributed by atoms with Gasteiger partial charge in [0.05, 0.1) is 11.3 Å². The number of hydrogen-bond acceptors (Lipinski definition) is 2. The summed E-state index contributed by atoms with van der Waals surface area (Å²) in [6.45, 7) is 0. The molecule has 2 aliphatic heterocycles. The van der Waals surface area contributed by atoms with Crippen molar-refractivity contribution in [1.82, 2.24) is 0 Å². The van der Waals surface area contributed by atoms with E-state index >= 15 is 0 Å². The number of benzene rings is 1. The molecule has 2 saturated heterocycles. The van der Waals surface area contributed by atoms with Crippen molar-refractivity contribution >= 4 is 27.4 Å². The largest absolute Gasteiger partial charge is 0.416 e. The van der Waals surface area contributed by atoms with E-state index in [2.05, 4.69) is 15.9 Å². The van der Waals surface area contributed by atoms with Gasteiger partial charge < -0.3 is 4.90 Å². The van der Waals surface area contributed by atoms with Gasteiger partial charge >= 0.3 is 6.18 Å². The van der Waals surface area contributed by atoms with Gasteiger partial charge in [-0.1, -0.05) is 0 Å². The van der Waals surface area contributed by atoms with Crippen molar-refractivity contribution in [3.63, 3.8) is 0 Å². The molecule has 0 N–H and O–H groups in total. The fourth-order valence-electron chi connectivity index (χ4n) is 3.25. The van der Waals surface area contributed by atoms with Crippen LogP contribution in [0, 0.1) is 0 Å². The van der Waals surface area contributed by atoms with E-state index in [1.165, 1.54) is 12.1 Å². The van der Waals surface area contributed by atoms with Crippen LogP contribution in [0.2, 0.25) is 0 Å². The van der Waals surface area contributed by atoms with E-state index in [1.54, 1.807) is 0 Å². The number of rotatable bonds is 1. The third-order valence-corrected chi connectivity index (χ3v) is 4.77. The number of nitrogens with zero attached hydrogens (tertiary/aromatic N) is 1. The Hall–Kier alpha value is -1.04. The highest BCUT2D eigenvalue weighted by Crippen LogP contribution is 2.43. The Morgan fingerprint density at radius 1 is 1.15 bits per heavy atom. The van der Waals surface area contributed by atoms with E-state index in [-0.39, 0.29) is 17.9 Å². The van der Waals surface area contributed by atoms with Crippen molar-refractivity contribution < 1.29 is 18.0 Å². The average molecular weight is 348 g/mol. The molecule has 2 bridgehead atoms. The van der Waals surface area contributed by atoms with Gasteiger partial charge in [-0.15, -0.1) is 0 Å². The molecule has 2 unspecified atom stereocenters. The standard InChI is InChI=1S/C14H13BrF3NO/c15-12-4-1-8(14(16,17)18)5-13(12)19-9-2-3-10(19)7-11(20)6-9/h1,4-5,9-10H,2-3,6-7H2. The van der Waals surface area contributed by atoms with Crippen molar-refractivity contribution in [2.75, 3.05) is 4.90 Å². The molecule has 2 heterocycles. The Morgan fingerprint density at radius 2 is 1.75 bits per heavy atom. The Morgan fingerprint density at radius 3 is 2.30 bits per heavy atom. The van der Waals surface area contributed by atoms with E-state index in [1.807, 2.05) is 4.90 Å². The number of piperidine rings is 1. The van der Waals surface area contributed by atoms with Gasteiger partial charge in [-0.3, -0.25) is 4.79 Å². The summed E-state index contributed by atoms with van der Waals surface area (Å²) in [5, 5.41) is 0. The topological polar surface area (TPSA) is 20.3 Å². The third kappa shape index (κ3) is 2.34. The van der Waals surface area contributed by atoms with Crippen LogP contribution in [0.15, 0.2) is 22.7 Å². The van der Waals surface area contributed by atoms with Gasteiger partial charge in [0.2, 0.25) is 0 Å². The smallest absolute Gasteiger partial charge is 0.364 e. The number of anilines is 1. The first-order valence-corrected chi connectivity index (χ1v) is 7.32. The first kappa shape index (κ1) is 13.9. The van der Waals surface area contributed by atoms with Crippen LogP contribution < -0.4 is 4.90 Å². The highest BCUT2D eigenvalue weighted by Gasteiger charge is 2.41. The summed E-state index contributed by atoms with van der Waals surface area (Å²) in [6.07, 6.45) is -1.71. The van der Waals surface area contributed by atoms with Gasteiger partial charge in [0.15, 0.2) is 0 Å². The number of halogens is 4. The Kier molecular flexibility index (Phi) is 3.31. The number of carbonyl (C=O) groups excluding carboxylic acids is 1. The maximum absolute atomic E-state index is 12.9. The summed E-state index contributed by atoms with van der Waals surface area (Å²) in [5.41, 5.74) is -0.0909. The summed E-state index contributed by atoms with van der Waals surface area (Å²) < 4.78 is 39.2. The Labute approximate surface area is 123 Å². The molecule has 2 aliphatic rings. The molecule has 20 heavy (non-hydrogen) atoms. The molecular formula is C14H13BrF3NO. The molecule has 0 spiro atoms. The minimum absolute atomic E-state index is 0.0426. The van der Waals surface area contributed by atoms with Crippen LogP contribution in [0.4, 0.5) is 18.9 Å². The van der Waals surface area contributed by atoms with E-state index in [9.17, 15) is 18.0 Å². The lowest BCUT2D eigenvalue weighted by Crippen LogP contribution is -2.43. The number of carbonyl (C=O) groups is 1. The molecule has 2 nitrogen and oxygen atoms in total. The molecule has 6 heteroatoms. The lowest BCUT2D eigenvalue weighted by atomic mass is 10.00. The minimum atomic E-state index is -4.35. The van der Waals surface area contributed by atoms with Crippen LogP contribution in [0.25, 0.3) is 0 Å². The van der Waals surface area contributed by atoms with E-state index in [0.29, 0.717) is 23.0 Å². The molecule has 0 aromatic heterocycles. The number of ketones is 1. The summed E-state index contributed by atoms with van der Waals surface area (Å²) in [5.74, 6) is 0.219. The average Bonchev–Trinajstić information content (AvgIpc) is 2.61. The van der Waals surface area contributed by atoms with Crippen LogP contribution in [-0.4, -0.2) is 17.9 Å². The molecule has 108 valence electrons. The van der Waals surface area contributed by atoms with Crippen LogP contribution in [0.1, 0.15) is 31.2 Å². The van der Waals surface area contributed by atoms with Gasteiger partial charge in [0, 0.05) is 29.4 Å². The minimum Gasteiger partial charge on any atom is -0.364 e. The molecule has 3 rings (SSSR count). The van der Waals surface area contributed by atoms with Crippen LogP contribution in [-0.2, 0) is 11.0 Å². The van der Waals surface area contributed by atoms with Crippen LogP contribution >= 0.6 is 15.9 Å². The van der Waals surface area contributed by atoms with Gasteiger partial charge in [0.25, 0.3) is 0 Å². The molecule has 2 atom stereocenters. The fraction of sp³-hybridized carbons (Fsp3) is 0.500. The second kappa shape index (κ2) is 4.76. The molecule has 0 amide bonds. The number of hydrogen-bond donors (Lipinski definition) is 0. The molecule has 0 aliphatic carbocycles. The van der Waals surface area contributed by atoms with Crippen LogP contribution in [0.3, 0.4) is 0 Å². The number of fused-ring (bicyclic) bond motifs is 2. The molecule has 1 aromatic carbocycles. The number of alkyl halides is 3. The summed E-state index contributed by atoms with van der Waals surface area (Å²) >= 11 is 3.34. The SMILES string of the molecule is O=C1CC2CCC(C1)N2c1cc(C(F)(F)F)ccc1Br. The van der Waals surface area contributed by atoms with Crippen LogP contribution in [0.5, 0.6) is 0 Å². The second-order valence-corrected chi connectivity index (χ2v) is 6.26. The zero-order valence-corrected chi connectivity index (χ0v) is 12.2. The van der Waals surface area contributed by atoms with Crippen molar-refractivity contribution in [3.8, 4) is 0 Å². The molecule has 0 saturated carbocycles. The molecular weight excluding hydrogens is 335 g/mol. The Balaban J connectivity index is 2.00. The molecule has 1 aromatic rings. The molecule has 0 radical (unpaired) electrons. The summed E-state index contributed by atoms with van der Waals surface area (Å²) in [6, 6.07) is 3.78. The van der Waals surface area contributed by atoms with E-state index in [4.69, 9.17) is 0 Å². The number of Topliss-reactive ketones (excluding diaryl/α,β-unsaturated/α-hetero) is 1. The molecule has 2 fully saturated rings. The fourth-order valence-corrected chi connectivity index (χ4v) is 3.70. The van der Waals surface area contributed by atoms with Gasteiger partial charge in [-0.2, -0.15) is 13.2 Å². The Bertz CT molecular complexity index is 542. The zero-order valence-electron chi connectivity index (χ0n) is 10.6. The van der Waals surface area contributed by atoms with Crippen molar-refractivity contribution in [2.24, 2.45) is 0 Å². The van der Waals surface area contributed by atoms with E-state index in [0.717, 1.165) is 18.9 Å². The van der Waals surface area contributed by atoms with Gasteiger partial charge in [0.1, 0.15) is 5.78 Å². The normalized spacial score (nSPS) is 26.2. The second-order valence-electron chi connectivity index (χ2n) is 5.40. The lowest BCUT2D eigenvalue weighted by molar-refractivity contribution is -0.137. The highest BCUT2D eigenvalue weighted by atomic mass is 79.9. The maximum atomic E-state index is 12.9. The summed E-state index contributed by atoms with van der Waals surface area (Å²) in [4.78, 5) is 13.6. The maximum Gasteiger partial charge on any atom is 0.416 e. The summed E-state index contributed by atoms with van der Waals surface area (Å²) in [7, 11) is 0.